The molecular weight excluding hydrogens is 462 g/mol. The average molecular weight is 490 g/mol. The number of aromatic nitrogens is 2. The van der Waals surface area contributed by atoms with Crippen LogP contribution in [0.15, 0.2) is 59.8 Å². The van der Waals surface area contributed by atoms with E-state index in [-0.39, 0.29) is 4.90 Å². The number of likely N-dealkylation sites (tertiary alicyclic amines) is 1. The van der Waals surface area contributed by atoms with Crippen LogP contribution in [-0.2, 0) is 14.6 Å². The highest BCUT2D eigenvalue weighted by atomic mass is 35.5. The molecule has 1 aliphatic rings. The summed E-state index contributed by atoms with van der Waals surface area (Å²) in [4.78, 5) is 21.3. The molecule has 0 unspecified atom stereocenters. The van der Waals surface area contributed by atoms with Gasteiger partial charge in [0.15, 0.2) is 9.84 Å². The van der Waals surface area contributed by atoms with Gasteiger partial charge in [-0.3, -0.25) is 14.8 Å². The largest absolute Gasteiger partial charge is 0.400 e. The van der Waals surface area contributed by atoms with Crippen molar-refractivity contribution in [2.24, 2.45) is 0 Å². The first-order valence-corrected chi connectivity index (χ1v) is 12.5. The van der Waals surface area contributed by atoms with Crippen molar-refractivity contribution in [2.45, 2.75) is 24.7 Å². The second kappa shape index (κ2) is 11.9. The predicted octanol–water partition coefficient (Wildman–Crippen LogP) is 4.02. The lowest BCUT2D eigenvalue weighted by molar-refractivity contribution is -0.126. The molecule has 0 spiro atoms. The van der Waals surface area contributed by atoms with Crippen LogP contribution >= 0.6 is 11.6 Å². The summed E-state index contributed by atoms with van der Waals surface area (Å²) in [7, 11) is -0.386. The fourth-order valence-corrected chi connectivity index (χ4v) is 3.95. The number of aryl methyl sites for hydroxylation is 1. The highest BCUT2D eigenvalue weighted by Crippen LogP contribution is 2.32. The van der Waals surface area contributed by atoms with E-state index in [2.05, 4.69) is 9.97 Å². The minimum atomic E-state index is -3.23. The third-order valence-electron chi connectivity index (χ3n) is 4.94. The molecule has 176 valence electrons. The van der Waals surface area contributed by atoms with Crippen LogP contribution in [0.4, 0.5) is 0 Å². The van der Waals surface area contributed by atoms with Gasteiger partial charge in [0.25, 0.3) is 0 Å². The number of pyridine rings is 2. The molecule has 1 N–H and O–H groups in total. The Morgan fingerprint density at radius 1 is 1.00 bits per heavy atom. The molecule has 1 amide bonds. The quantitative estimate of drug-likeness (QED) is 0.596. The summed E-state index contributed by atoms with van der Waals surface area (Å²) >= 11 is 6.11. The molecule has 0 atom stereocenters. The van der Waals surface area contributed by atoms with Crippen molar-refractivity contribution in [3.63, 3.8) is 0 Å². The van der Waals surface area contributed by atoms with Crippen molar-refractivity contribution in [1.29, 1.82) is 0 Å². The summed E-state index contributed by atoms with van der Waals surface area (Å²) in [6.45, 7) is 2.88. The molecule has 2 aromatic heterocycles. The maximum absolute atomic E-state index is 11.6. The number of benzene rings is 1. The highest BCUT2D eigenvalue weighted by Gasteiger charge is 2.14. The smallest absolute Gasteiger partial charge is 0.222 e. The van der Waals surface area contributed by atoms with E-state index in [4.69, 9.17) is 16.7 Å². The van der Waals surface area contributed by atoms with Gasteiger partial charge in [0.2, 0.25) is 5.91 Å². The van der Waals surface area contributed by atoms with Gasteiger partial charge in [0.05, 0.1) is 15.6 Å². The number of hydrogen-bond acceptors (Lipinski definition) is 6. The average Bonchev–Trinajstić information content (AvgIpc) is 3.18. The molecule has 1 aliphatic heterocycles. The lowest BCUT2D eigenvalue weighted by Crippen LogP contribution is -2.17. The van der Waals surface area contributed by atoms with E-state index >= 15 is 0 Å². The summed E-state index contributed by atoms with van der Waals surface area (Å²) in [5, 5.41) is 7.51. The third-order valence-corrected chi connectivity index (χ3v) is 6.28. The molecule has 9 heteroatoms. The van der Waals surface area contributed by atoms with Crippen molar-refractivity contribution in [1.82, 2.24) is 14.9 Å². The first-order chi connectivity index (χ1) is 15.6. The lowest BCUT2D eigenvalue weighted by atomic mass is 10.0. The van der Waals surface area contributed by atoms with Crippen LogP contribution in [0.1, 0.15) is 18.5 Å². The van der Waals surface area contributed by atoms with Crippen molar-refractivity contribution >= 4 is 27.3 Å². The summed E-state index contributed by atoms with van der Waals surface area (Å²) in [6.07, 6.45) is 6.35. The Morgan fingerprint density at radius 3 is 2.09 bits per heavy atom. The predicted molar refractivity (Wildman–Crippen MR) is 131 cm³/mol. The first kappa shape index (κ1) is 26.4. The van der Waals surface area contributed by atoms with E-state index in [1.165, 1.54) is 6.26 Å². The zero-order valence-electron chi connectivity index (χ0n) is 19.1. The van der Waals surface area contributed by atoms with Gasteiger partial charge in [0.1, 0.15) is 0 Å². The van der Waals surface area contributed by atoms with E-state index in [1.54, 1.807) is 41.6 Å². The van der Waals surface area contributed by atoms with Gasteiger partial charge in [-0.15, -0.1) is 0 Å². The monoisotopic (exact) mass is 489 g/mol. The Hall–Kier alpha value is -2.81. The fourth-order valence-electron chi connectivity index (χ4n) is 3.16. The molecule has 0 aliphatic carbocycles. The van der Waals surface area contributed by atoms with Gasteiger partial charge in [-0.05, 0) is 49.2 Å². The van der Waals surface area contributed by atoms with E-state index in [0.717, 1.165) is 54.6 Å². The summed E-state index contributed by atoms with van der Waals surface area (Å²) in [6, 6.07) is 12.4. The maximum Gasteiger partial charge on any atom is 0.222 e. The summed E-state index contributed by atoms with van der Waals surface area (Å²) < 4.78 is 23.2. The first-order valence-electron chi connectivity index (χ1n) is 10.2. The highest BCUT2D eigenvalue weighted by molar-refractivity contribution is 7.90. The Labute approximate surface area is 200 Å². The molecule has 3 heterocycles. The second-order valence-electron chi connectivity index (χ2n) is 7.45. The molecule has 1 aromatic carbocycles. The van der Waals surface area contributed by atoms with Crippen LogP contribution in [0.3, 0.4) is 0 Å². The summed E-state index contributed by atoms with van der Waals surface area (Å²) in [5.41, 5.74) is 4.21. The molecule has 1 saturated heterocycles. The third kappa shape index (κ3) is 7.35. The maximum atomic E-state index is 11.6. The SMILES string of the molecule is CN1CCCC1=O.CO.Cc1ccc(-c2ncc(Cl)cc2-c2ccc(S(C)(=O)=O)cc2)cn1. The Balaban J connectivity index is 0.000000362. The van der Waals surface area contributed by atoms with Gasteiger partial charge in [0, 0.05) is 62.6 Å². The van der Waals surface area contributed by atoms with Crippen LogP contribution in [0.25, 0.3) is 22.4 Å². The minimum absolute atomic E-state index is 0.278. The molecule has 3 aromatic rings. The van der Waals surface area contributed by atoms with E-state index in [1.807, 2.05) is 32.2 Å². The summed E-state index contributed by atoms with van der Waals surface area (Å²) in [5.74, 6) is 0.292. The van der Waals surface area contributed by atoms with E-state index in [9.17, 15) is 13.2 Å². The topological polar surface area (TPSA) is 100 Å². The standard InChI is InChI=1S/C18H15ClN2O2S.C5H9NO.CH4O/c1-12-3-4-14(10-20-12)18-17(9-15(19)11-21-18)13-5-7-16(8-6-13)24(2,22)23;1-6-4-2-3-5(6)7;1-2/h3-11H,1-2H3;2-4H2,1H3;2H,1H3. The van der Waals surface area contributed by atoms with Crippen LogP contribution in [0.2, 0.25) is 5.02 Å². The molecule has 33 heavy (non-hydrogen) atoms. The Morgan fingerprint density at radius 2 is 1.64 bits per heavy atom. The van der Waals surface area contributed by atoms with Crippen LogP contribution in [0.5, 0.6) is 0 Å². The number of rotatable bonds is 3. The van der Waals surface area contributed by atoms with Gasteiger partial charge >= 0.3 is 0 Å². The number of carbonyl (C=O) groups is 1. The number of aliphatic hydroxyl groups is 1. The number of hydrogen-bond donors (Lipinski definition) is 1. The van der Waals surface area contributed by atoms with Gasteiger partial charge < -0.3 is 10.0 Å². The minimum Gasteiger partial charge on any atom is -0.400 e. The van der Waals surface area contributed by atoms with Crippen molar-refractivity contribution in [2.75, 3.05) is 27.0 Å². The van der Waals surface area contributed by atoms with Crippen LogP contribution in [-0.4, -0.2) is 61.3 Å². The second-order valence-corrected chi connectivity index (χ2v) is 9.91. The molecule has 0 radical (unpaired) electrons. The van der Waals surface area contributed by atoms with Gasteiger partial charge in [-0.1, -0.05) is 23.7 Å². The van der Waals surface area contributed by atoms with E-state index in [0.29, 0.717) is 10.9 Å². The number of carbonyl (C=O) groups excluding carboxylic acids is 1. The molecular formula is C24H28ClN3O4S. The zero-order chi connectivity index (χ0) is 24.6. The zero-order valence-corrected chi connectivity index (χ0v) is 20.7. The molecule has 4 rings (SSSR count). The molecule has 0 saturated carbocycles. The van der Waals surface area contributed by atoms with Crippen LogP contribution in [0, 0.1) is 6.92 Å². The van der Waals surface area contributed by atoms with Crippen molar-refractivity contribution in [3.05, 3.63) is 65.6 Å². The number of halogens is 1. The number of nitrogens with zero attached hydrogens (tertiary/aromatic N) is 3. The van der Waals surface area contributed by atoms with Gasteiger partial charge in [-0.2, -0.15) is 0 Å². The van der Waals surface area contributed by atoms with E-state index < -0.39 is 9.84 Å². The number of aliphatic hydroxyl groups excluding tert-OH is 1. The normalized spacial score (nSPS) is 13.0. The van der Waals surface area contributed by atoms with Crippen LogP contribution < -0.4 is 0 Å². The van der Waals surface area contributed by atoms with Crippen molar-refractivity contribution < 1.29 is 18.3 Å². The Kier molecular flexibility index (Phi) is 9.52. The molecule has 0 bridgehead atoms. The fraction of sp³-hybridized carbons (Fsp3) is 0.292. The Bertz CT molecular complexity index is 1180. The number of sulfone groups is 1. The lowest BCUT2D eigenvalue weighted by Gasteiger charge is -2.10. The molecule has 1 fully saturated rings. The number of amides is 1. The molecule has 7 nitrogen and oxygen atoms in total. The van der Waals surface area contributed by atoms with Crippen molar-refractivity contribution in [3.8, 4) is 22.4 Å². The van der Waals surface area contributed by atoms with Gasteiger partial charge in [-0.25, -0.2) is 8.42 Å².